The van der Waals surface area contributed by atoms with Gasteiger partial charge in [-0.1, -0.05) is 6.08 Å². The lowest BCUT2D eigenvalue weighted by atomic mass is 10.4. The molecule has 1 aliphatic rings. The maximum atomic E-state index is 10.2. The van der Waals surface area contributed by atoms with E-state index >= 15 is 0 Å². The van der Waals surface area contributed by atoms with Crippen LogP contribution in [0.25, 0.3) is 0 Å². The van der Waals surface area contributed by atoms with Gasteiger partial charge in [0.15, 0.2) is 0 Å². The van der Waals surface area contributed by atoms with E-state index in [1.807, 2.05) is 0 Å². The predicted octanol–water partition coefficient (Wildman–Crippen LogP) is 0.544. The molecule has 1 heterocycles. The Morgan fingerprint density at radius 2 is 2.57 bits per heavy atom. The van der Waals surface area contributed by atoms with Crippen LogP contribution in [-0.4, -0.2) is 12.1 Å². The van der Waals surface area contributed by atoms with Gasteiger partial charge in [-0.15, -0.1) is 0 Å². The summed E-state index contributed by atoms with van der Waals surface area (Å²) in [7, 11) is 0. The van der Waals surface area contributed by atoms with Gasteiger partial charge in [0.25, 0.3) is 0 Å². The highest BCUT2D eigenvalue weighted by Gasteiger charge is 1.93. The predicted molar refractivity (Wildman–Crippen MR) is 27.3 cm³/mol. The Morgan fingerprint density at radius 3 is 2.86 bits per heavy atom. The van der Waals surface area contributed by atoms with Gasteiger partial charge in [-0.05, 0) is 6.08 Å². The third kappa shape index (κ3) is 0.961. The number of hydrogen-bond acceptors (Lipinski definition) is 1. The monoisotopic (exact) mass is 96.0 g/mol. The van der Waals surface area contributed by atoms with E-state index < -0.39 is 0 Å². The quantitative estimate of drug-likeness (QED) is 0.405. The molecule has 2 nitrogen and oxygen atoms in total. The number of dihydropyridines is 1. The number of rotatable bonds is 0. The molecule has 0 aromatic heterocycles. The Balaban J connectivity index is 2.66. The van der Waals surface area contributed by atoms with Crippen molar-refractivity contribution in [2.24, 2.45) is 4.99 Å². The van der Waals surface area contributed by atoms with Crippen LogP contribution in [0.15, 0.2) is 17.1 Å². The molecule has 0 radical (unpaired) electrons. The number of hydrogen-bond donors (Lipinski definition) is 0. The van der Waals surface area contributed by atoms with Gasteiger partial charge in [0.1, 0.15) is 0 Å². The molecule has 2 heteroatoms. The van der Waals surface area contributed by atoms with Crippen LogP contribution in [0, 0.1) is 0 Å². The van der Waals surface area contributed by atoms with Crippen molar-refractivity contribution in [3.05, 3.63) is 12.2 Å². The zero-order valence-electron chi connectivity index (χ0n) is 3.79. The minimum absolute atomic E-state index is 0.0532. The third-order valence-corrected chi connectivity index (χ3v) is 0.733. The first-order chi connectivity index (χ1) is 3.39. The number of aliphatic imine (C=N–C) groups is 1. The molecule has 0 aromatic rings. The summed E-state index contributed by atoms with van der Waals surface area (Å²) < 4.78 is 0. The molecule has 0 N–H and O–H groups in total. The Morgan fingerprint density at radius 1 is 1.71 bits per heavy atom. The van der Waals surface area contributed by atoms with E-state index in [0.717, 1.165) is 0 Å². The number of allylic oxidation sites excluding steroid dienone is 1. The SMILES string of the molecule is O=[13C]1CC=CC=N1. The normalized spacial score (nSPS) is 18.0. The van der Waals surface area contributed by atoms with Gasteiger partial charge >= 0.3 is 0 Å². The lowest BCUT2D eigenvalue weighted by molar-refractivity contribution is -0.117. The molecule has 0 spiro atoms. The molecule has 7 heavy (non-hydrogen) atoms. The van der Waals surface area contributed by atoms with Crippen molar-refractivity contribution in [2.45, 2.75) is 6.42 Å². The molecule has 0 atom stereocenters. The van der Waals surface area contributed by atoms with Crippen molar-refractivity contribution in [3.63, 3.8) is 0 Å². The van der Waals surface area contributed by atoms with Crippen LogP contribution in [-0.2, 0) is 4.79 Å². The van der Waals surface area contributed by atoms with Crippen LogP contribution in [0.3, 0.4) is 0 Å². The van der Waals surface area contributed by atoms with E-state index in [0.29, 0.717) is 6.42 Å². The molecular formula is C5H5NO. The zero-order chi connectivity index (χ0) is 5.11. The molecule has 0 aromatic carbocycles. The molecule has 0 saturated heterocycles. The third-order valence-electron chi connectivity index (χ3n) is 0.733. The fraction of sp³-hybridized carbons (Fsp3) is 0.200. The summed E-state index contributed by atoms with van der Waals surface area (Å²) in [6.07, 6.45) is 5.53. The molecule has 36 valence electrons. The highest BCUT2D eigenvalue weighted by molar-refractivity contribution is 5.92. The second-order valence-electron chi connectivity index (χ2n) is 1.30. The second kappa shape index (κ2) is 1.69. The van der Waals surface area contributed by atoms with Crippen LogP contribution in [0.5, 0.6) is 0 Å². The first kappa shape index (κ1) is 4.24. The van der Waals surface area contributed by atoms with E-state index in [1.165, 1.54) is 6.21 Å². The van der Waals surface area contributed by atoms with E-state index in [2.05, 4.69) is 4.99 Å². The largest absolute Gasteiger partial charge is 0.272 e. The van der Waals surface area contributed by atoms with E-state index in [1.54, 1.807) is 12.2 Å². The van der Waals surface area contributed by atoms with Gasteiger partial charge in [-0.3, -0.25) is 4.79 Å². The smallest absolute Gasteiger partial charge is 0.249 e. The molecule has 1 amide bonds. The van der Waals surface area contributed by atoms with Crippen LogP contribution in [0.4, 0.5) is 0 Å². The van der Waals surface area contributed by atoms with Crippen LogP contribution in [0.1, 0.15) is 6.42 Å². The van der Waals surface area contributed by atoms with Crippen LogP contribution >= 0.6 is 0 Å². The summed E-state index contributed by atoms with van der Waals surface area (Å²) in [5, 5.41) is 0. The van der Waals surface area contributed by atoms with Gasteiger partial charge in [0.2, 0.25) is 5.91 Å². The molecule has 0 saturated carbocycles. The summed E-state index contributed by atoms with van der Waals surface area (Å²) in [4.78, 5) is 13.7. The maximum absolute atomic E-state index is 10.2. The van der Waals surface area contributed by atoms with Crippen molar-refractivity contribution >= 4 is 12.1 Å². The molecule has 0 bridgehead atoms. The molecule has 0 fully saturated rings. The van der Waals surface area contributed by atoms with Crippen LogP contribution in [0.2, 0.25) is 0 Å². The average molecular weight is 96.1 g/mol. The standard InChI is InChI=1S/C5H5NO/c7-5-3-1-2-4-6-5/h1-2,4H,3H2/i5+1. The molecular weight excluding hydrogens is 91.1 g/mol. The van der Waals surface area contributed by atoms with Crippen LogP contribution < -0.4 is 0 Å². The molecule has 0 unspecified atom stereocenters. The van der Waals surface area contributed by atoms with Gasteiger partial charge in [-0.2, -0.15) is 0 Å². The molecule has 1 rings (SSSR count). The fourth-order valence-electron chi connectivity index (χ4n) is 0.409. The highest BCUT2D eigenvalue weighted by Crippen LogP contribution is 1.90. The summed E-state index contributed by atoms with van der Waals surface area (Å²) in [5.74, 6) is -0.0532. The minimum Gasteiger partial charge on any atom is -0.272 e. The van der Waals surface area contributed by atoms with Gasteiger partial charge in [0, 0.05) is 12.6 Å². The Hall–Kier alpha value is -0.920. The van der Waals surface area contributed by atoms with Crippen molar-refractivity contribution in [1.82, 2.24) is 0 Å². The fourth-order valence-corrected chi connectivity index (χ4v) is 0.409. The van der Waals surface area contributed by atoms with Gasteiger partial charge < -0.3 is 0 Å². The van der Waals surface area contributed by atoms with Gasteiger partial charge in [0.05, 0.1) is 0 Å². The zero-order valence-corrected chi connectivity index (χ0v) is 3.79. The van der Waals surface area contributed by atoms with Crippen molar-refractivity contribution in [1.29, 1.82) is 0 Å². The summed E-state index contributed by atoms with van der Waals surface area (Å²) in [6, 6.07) is 0. The topological polar surface area (TPSA) is 29.4 Å². The Labute approximate surface area is 41.6 Å². The number of nitrogens with zero attached hydrogens (tertiary/aromatic N) is 1. The molecule has 1 aliphatic heterocycles. The second-order valence-corrected chi connectivity index (χ2v) is 1.30. The summed E-state index contributed by atoms with van der Waals surface area (Å²) >= 11 is 0. The average Bonchev–Trinajstić information content (AvgIpc) is 1.69. The van der Waals surface area contributed by atoms with E-state index in [4.69, 9.17) is 0 Å². The Bertz CT molecular complexity index is 135. The van der Waals surface area contributed by atoms with E-state index in [9.17, 15) is 4.79 Å². The molecule has 0 aliphatic carbocycles. The number of amides is 1. The number of carbonyl (C=O) groups excluding carboxylic acids is 1. The van der Waals surface area contributed by atoms with Crippen molar-refractivity contribution < 1.29 is 4.79 Å². The van der Waals surface area contributed by atoms with Crippen molar-refractivity contribution in [2.75, 3.05) is 0 Å². The summed E-state index contributed by atoms with van der Waals surface area (Å²) in [6.45, 7) is 0. The minimum atomic E-state index is -0.0532. The maximum Gasteiger partial charge on any atom is 0.249 e. The summed E-state index contributed by atoms with van der Waals surface area (Å²) in [5.41, 5.74) is 0. The first-order valence-corrected chi connectivity index (χ1v) is 2.11. The van der Waals surface area contributed by atoms with Gasteiger partial charge in [-0.25, -0.2) is 4.99 Å². The highest BCUT2D eigenvalue weighted by atomic mass is 16.2. The Kier molecular flexibility index (Phi) is 1.02. The lowest BCUT2D eigenvalue weighted by Gasteiger charge is -1.88. The van der Waals surface area contributed by atoms with E-state index in [-0.39, 0.29) is 5.91 Å². The van der Waals surface area contributed by atoms with Crippen molar-refractivity contribution in [3.8, 4) is 0 Å². The first-order valence-electron chi connectivity index (χ1n) is 2.11. The number of carbonyl (C=O) groups is 1. The lowest BCUT2D eigenvalue weighted by Crippen LogP contribution is -1.93.